The van der Waals surface area contributed by atoms with Gasteiger partial charge in [0.2, 0.25) is 0 Å². The van der Waals surface area contributed by atoms with Crippen LogP contribution in [0.2, 0.25) is 8.67 Å². The second-order valence-corrected chi connectivity index (χ2v) is 6.14. The van der Waals surface area contributed by atoms with Gasteiger partial charge in [0, 0.05) is 5.56 Å². The molecule has 0 bridgehead atoms. The summed E-state index contributed by atoms with van der Waals surface area (Å²) in [5.74, 6) is 0.769. The Hall–Kier alpha value is -0.410. The van der Waals surface area contributed by atoms with Crippen molar-refractivity contribution < 1.29 is 4.74 Å². The summed E-state index contributed by atoms with van der Waals surface area (Å²) in [6, 6.07) is 9.38. The van der Waals surface area contributed by atoms with Gasteiger partial charge < -0.3 is 4.74 Å². The highest BCUT2D eigenvalue weighted by Crippen LogP contribution is 2.40. The maximum atomic E-state index is 6.39. The monoisotopic (exact) mass is 306 g/mol. The number of ether oxygens (including phenoxy) is 1. The van der Waals surface area contributed by atoms with Crippen LogP contribution in [0.15, 0.2) is 30.3 Å². The molecule has 5 heteroatoms. The summed E-state index contributed by atoms with van der Waals surface area (Å²) in [7, 11) is 1.62. The van der Waals surface area contributed by atoms with Gasteiger partial charge in [-0.15, -0.1) is 22.9 Å². The van der Waals surface area contributed by atoms with Crippen LogP contribution in [0.1, 0.15) is 16.5 Å². The second kappa shape index (κ2) is 5.49. The minimum atomic E-state index is -0.318. The lowest BCUT2D eigenvalue weighted by Crippen LogP contribution is -1.93. The minimum absolute atomic E-state index is 0.318. The molecule has 0 amide bonds. The highest BCUT2D eigenvalue weighted by Gasteiger charge is 2.17. The average Bonchev–Trinajstić information content (AvgIpc) is 2.67. The average molecular weight is 308 g/mol. The first-order chi connectivity index (χ1) is 8.11. The van der Waals surface area contributed by atoms with Crippen molar-refractivity contribution in [2.75, 3.05) is 7.11 Å². The molecule has 0 aliphatic rings. The summed E-state index contributed by atoms with van der Waals surface area (Å²) < 4.78 is 6.42. The van der Waals surface area contributed by atoms with Crippen molar-refractivity contribution in [3.05, 3.63) is 50.1 Å². The van der Waals surface area contributed by atoms with Gasteiger partial charge in [-0.3, -0.25) is 0 Å². The molecule has 2 rings (SSSR count). The van der Waals surface area contributed by atoms with E-state index < -0.39 is 0 Å². The van der Waals surface area contributed by atoms with Gasteiger partial charge in [-0.2, -0.15) is 0 Å². The van der Waals surface area contributed by atoms with Gasteiger partial charge in [0.1, 0.15) is 5.75 Å². The molecule has 0 N–H and O–H groups in total. The molecule has 0 aliphatic carbocycles. The second-order valence-electron chi connectivity index (χ2n) is 3.42. The number of hydrogen-bond donors (Lipinski definition) is 0. The van der Waals surface area contributed by atoms with E-state index in [9.17, 15) is 0 Å². The lowest BCUT2D eigenvalue weighted by Gasteiger charge is -2.10. The molecule has 1 atom stereocenters. The summed E-state index contributed by atoms with van der Waals surface area (Å²) in [5, 5.41) is -0.318. The first-order valence-electron chi connectivity index (χ1n) is 4.84. The fourth-order valence-electron chi connectivity index (χ4n) is 1.50. The molecule has 2 aromatic rings. The molecule has 1 aromatic carbocycles. The van der Waals surface area contributed by atoms with E-state index in [0.29, 0.717) is 8.67 Å². The van der Waals surface area contributed by atoms with Crippen LogP contribution in [0.3, 0.4) is 0 Å². The number of benzene rings is 1. The maximum absolute atomic E-state index is 6.39. The lowest BCUT2D eigenvalue weighted by atomic mass is 10.1. The van der Waals surface area contributed by atoms with Gasteiger partial charge in [-0.05, 0) is 23.8 Å². The zero-order chi connectivity index (χ0) is 12.4. The van der Waals surface area contributed by atoms with E-state index in [-0.39, 0.29) is 5.38 Å². The van der Waals surface area contributed by atoms with Crippen molar-refractivity contribution in [2.24, 2.45) is 0 Å². The van der Waals surface area contributed by atoms with Gasteiger partial charge in [0.25, 0.3) is 0 Å². The molecule has 0 aliphatic heterocycles. The van der Waals surface area contributed by atoms with Crippen LogP contribution >= 0.6 is 46.1 Å². The number of thiophene rings is 1. The smallest absolute Gasteiger partial charge is 0.119 e. The molecule has 90 valence electrons. The molecule has 0 saturated carbocycles. The summed E-state index contributed by atoms with van der Waals surface area (Å²) in [4.78, 5) is 0. The summed E-state index contributed by atoms with van der Waals surface area (Å²) in [5.41, 5.74) is 1.76. The Morgan fingerprint density at radius 2 is 2.00 bits per heavy atom. The quantitative estimate of drug-likeness (QED) is 0.691. The molecule has 17 heavy (non-hydrogen) atoms. The number of hydrogen-bond acceptors (Lipinski definition) is 2. The Kier molecular flexibility index (Phi) is 4.21. The Morgan fingerprint density at radius 1 is 1.24 bits per heavy atom. The summed E-state index contributed by atoms with van der Waals surface area (Å²) in [6.07, 6.45) is 0. The van der Waals surface area contributed by atoms with E-state index >= 15 is 0 Å². The van der Waals surface area contributed by atoms with Crippen molar-refractivity contribution in [3.63, 3.8) is 0 Å². The fourth-order valence-corrected chi connectivity index (χ4v) is 3.47. The molecule has 1 aromatic heterocycles. The highest BCUT2D eigenvalue weighted by molar-refractivity contribution is 7.20. The van der Waals surface area contributed by atoms with Crippen LogP contribution in [0.25, 0.3) is 0 Å². The predicted molar refractivity (Wildman–Crippen MR) is 75.0 cm³/mol. The van der Waals surface area contributed by atoms with Crippen LogP contribution in [0.4, 0.5) is 0 Å². The van der Waals surface area contributed by atoms with Gasteiger partial charge >= 0.3 is 0 Å². The van der Waals surface area contributed by atoms with Crippen LogP contribution < -0.4 is 4.74 Å². The van der Waals surface area contributed by atoms with Crippen molar-refractivity contribution in [3.8, 4) is 5.75 Å². The van der Waals surface area contributed by atoms with Crippen LogP contribution in [0.5, 0.6) is 5.75 Å². The Balaban J connectivity index is 2.36. The molecule has 1 nitrogen and oxygen atoms in total. The first-order valence-corrected chi connectivity index (χ1v) is 6.85. The molecule has 0 fully saturated rings. The lowest BCUT2D eigenvalue weighted by molar-refractivity contribution is 0.414. The normalized spacial score (nSPS) is 12.5. The molecule has 1 unspecified atom stereocenters. The maximum Gasteiger partial charge on any atom is 0.119 e. The number of halogens is 3. The Morgan fingerprint density at radius 3 is 2.59 bits per heavy atom. The standard InChI is InChI=1S/C12H9Cl3OS/c1-16-8-4-2-3-7(5-8)11(14)9-6-10(13)17-12(9)15/h2-6,11H,1H3. The zero-order valence-electron chi connectivity index (χ0n) is 8.91. The van der Waals surface area contributed by atoms with Crippen molar-refractivity contribution in [1.29, 1.82) is 0 Å². The Labute approximate surface area is 119 Å². The largest absolute Gasteiger partial charge is 0.497 e. The summed E-state index contributed by atoms with van der Waals surface area (Å²) >= 11 is 19.7. The first kappa shape index (κ1) is 13.0. The number of methoxy groups -OCH3 is 1. The van der Waals surface area contributed by atoms with Crippen molar-refractivity contribution in [2.45, 2.75) is 5.38 Å². The van der Waals surface area contributed by atoms with Gasteiger partial charge in [0.15, 0.2) is 0 Å². The van der Waals surface area contributed by atoms with Crippen LogP contribution in [-0.4, -0.2) is 7.11 Å². The fraction of sp³-hybridized carbons (Fsp3) is 0.167. The number of alkyl halides is 1. The third kappa shape index (κ3) is 2.89. The van der Waals surface area contributed by atoms with Gasteiger partial charge in [0.05, 0.1) is 21.2 Å². The van der Waals surface area contributed by atoms with Crippen molar-refractivity contribution in [1.82, 2.24) is 0 Å². The molecule has 0 spiro atoms. The summed E-state index contributed by atoms with van der Waals surface area (Å²) in [6.45, 7) is 0. The topological polar surface area (TPSA) is 9.23 Å². The van der Waals surface area contributed by atoms with Crippen molar-refractivity contribution >= 4 is 46.1 Å². The molecular formula is C12H9Cl3OS. The molecular weight excluding hydrogens is 299 g/mol. The Bertz CT molecular complexity index is 524. The van der Waals surface area contributed by atoms with E-state index in [1.807, 2.05) is 24.3 Å². The third-order valence-electron chi connectivity index (χ3n) is 2.34. The van der Waals surface area contributed by atoms with Gasteiger partial charge in [-0.1, -0.05) is 35.3 Å². The minimum Gasteiger partial charge on any atom is -0.497 e. The van der Waals surface area contributed by atoms with E-state index in [1.165, 1.54) is 11.3 Å². The molecule has 1 heterocycles. The van der Waals surface area contributed by atoms with E-state index in [1.54, 1.807) is 13.2 Å². The molecule has 0 radical (unpaired) electrons. The van der Waals surface area contributed by atoms with Gasteiger partial charge in [-0.25, -0.2) is 0 Å². The van der Waals surface area contributed by atoms with Crippen LogP contribution in [0, 0.1) is 0 Å². The highest BCUT2D eigenvalue weighted by atomic mass is 35.5. The zero-order valence-corrected chi connectivity index (χ0v) is 12.0. The van der Waals surface area contributed by atoms with E-state index in [2.05, 4.69) is 0 Å². The SMILES string of the molecule is COc1cccc(C(Cl)c2cc(Cl)sc2Cl)c1. The van der Waals surface area contributed by atoms with E-state index in [4.69, 9.17) is 39.5 Å². The third-order valence-corrected chi connectivity index (χ3v) is 4.35. The van der Waals surface area contributed by atoms with E-state index in [0.717, 1.165) is 16.9 Å². The molecule has 0 saturated heterocycles. The number of rotatable bonds is 3. The van der Waals surface area contributed by atoms with Crippen LogP contribution in [-0.2, 0) is 0 Å². The predicted octanol–water partition coefficient (Wildman–Crippen LogP) is 5.39.